The molecule has 1 atom stereocenters. The lowest BCUT2D eigenvalue weighted by Gasteiger charge is -2.13. The quantitative estimate of drug-likeness (QED) is 0.849. The molecule has 3 heteroatoms. The maximum Gasteiger partial charge on any atom is 0.304 e. The molecule has 0 aliphatic carbocycles. The Morgan fingerprint density at radius 3 is 2.72 bits per heavy atom. The van der Waals surface area contributed by atoms with E-state index in [2.05, 4.69) is 29.6 Å². The van der Waals surface area contributed by atoms with Gasteiger partial charge in [-0.2, -0.15) is 0 Å². The van der Waals surface area contributed by atoms with Crippen LogP contribution in [-0.4, -0.2) is 17.1 Å². The van der Waals surface area contributed by atoms with Gasteiger partial charge >= 0.3 is 5.97 Å². The first-order valence-corrected chi connectivity index (χ1v) is 6.08. The highest BCUT2D eigenvalue weighted by Crippen LogP contribution is 2.18. The second-order valence-electron chi connectivity index (χ2n) is 4.52. The molecule has 0 aliphatic rings. The average Bonchev–Trinajstić information content (AvgIpc) is 2.35. The Bertz CT molecular complexity index is 546. The number of carbonyl (C=O) groups is 1. The van der Waals surface area contributed by atoms with Crippen molar-refractivity contribution in [1.82, 2.24) is 5.32 Å². The lowest BCUT2D eigenvalue weighted by atomic mass is 10.0. The predicted octanol–water partition coefficient (Wildman–Crippen LogP) is 2.79. The molecular weight excluding hydrogens is 226 g/mol. The van der Waals surface area contributed by atoms with Crippen molar-refractivity contribution in [3.63, 3.8) is 0 Å². The summed E-state index contributed by atoms with van der Waals surface area (Å²) in [4.78, 5) is 10.6. The van der Waals surface area contributed by atoms with E-state index >= 15 is 0 Å². The molecule has 0 saturated heterocycles. The van der Waals surface area contributed by atoms with Gasteiger partial charge in [0.25, 0.3) is 0 Å². The fraction of sp³-hybridized carbons (Fsp3) is 0.267. The average molecular weight is 243 g/mol. The Balaban J connectivity index is 2.10. The Morgan fingerprint density at radius 1 is 1.22 bits per heavy atom. The summed E-state index contributed by atoms with van der Waals surface area (Å²) in [5, 5.41) is 14.4. The molecule has 0 radical (unpaired) electrons. The largest absolute Gasteiger partial charge is 0.481 e. The standard InChI is InChI=1S/C15H17NO2/c1-11(9-15(17)18)16-10-13-7-4-6-12-5-2-3-8-14(12)13/h2-8,11,16H,9-10H2,1H3,(H,17,18)/t11-/m1/s1. The Labute approximate surface area is 106 Å². The molecule has 2 rings (SSSR count). The fourth-order valence-electron chi connectivity index (χ4n) is 2.06. The van der Waals surface area contributed by atoms with Crippen molar-refractivity contribution in [2.24, 2.45) is 0 Å². The van der Waals surface area contributed by atoms with E-state index in [9.17, 15) is 4.79 Å². The molecule has 0 aliphatic heterocycles. The SMILES string of the molecule is C[C@H](CC(=O)O)NCc1cccc2ccccc12. The first-order chi connectivity index (χ1) is 8.66. The number of benzene rings is 2. The molecule has 94 valence electrons. The molecule has 0 spiro atoms. The maximum atomic E-state index is 10.6. The van der Waals surface area contributed by atoms with Crippen molar-refractivity contribution >= 4 is 16.7 Å². The summed E-state index contributed by atoms with van der Waals surface area (Å²) in [5.41, 5.74) is 1.20. The molecule has 0 aromatic heterocycles. The van der Waals surface area contributed by atoms with Gasteiger partial charge in [-0.1, -0.05) is 42.5 Å². The van der Waals surface area contributed by atoms with E-state index < -0.39 is 5.97 Å². The molecule has 0 fully saturated rings. The van der Waals surface area contributed by atoms with Crippen LogP contribution in [0.15, 0.2) is 42.5 Å². The fourth-order valence-corrected chi connectivity index (χ4v) is 2.06. The van der Waals surface area contributed by atoms with Crippen LogP contribution >= 0.6 is 0 Å². The van der Waals surface area contributed by atoms with Gasteiger partial charge in [0.1, 0.15) is 0 Å². The second kappa shape index (κ2) is 5.65. The van der Waals surface area contributed by atoms with Crippen molar-refractivity contribution in [3.8, 4) is 0 Å². The van der Waals surface area contributed by atoms with Crippen LogP contribution in [0.25, 0.3) is 10.8 Å². The molecule has 2 aromatic rings. The number of carboxylic acid groups (broad SMARTS) is 1. The predicted molar refractivity (Wildman–Crippen MR) is 72.5 cm³/mol. The summed E-state index contributed by atoms with van der Waals surface area (Å²) < 4.78 is 0. The van der Waals surface area contributed by atoms with Gasteiger partial charge < -0.3 is 10.4 Å². The zero-order valence-corrected chi connectivity index (χ0v) is 10.4. The van der Waals surface area contributed by atoms with Crippen LogP contribution in [0.3, 0.4) is 0 Å². The molecule has 3 nitrogen and oxygen atoms in total. The van der Waals surface area contributed by atoms with E-state index in [1.165, 1.54) is 16.3 Å². The lowest BCUT2D eigenvalue weighted by Crippen LogP contribution is -2.27. The number of aliphatic carboxylic acids is 1. The highest BCUT2D eigenvalue weighted by atomic mass is 16.4. The summed E-state index contributed by atoms with van der Waals surface area (Å²) in [6, 6.07) is 14.4. The van der Waals surface area contributed by atoms with Crippen LogP contribution in [0.1, 0.15) is 18.9 Å². The highest BCUT2D eigenvalue weighted by Gasteiger charge is 2.07. The first kappa shape index (κ1) is 12.6. The van der Waals surface area contributed by atoms with Crippen molar-refractivity contribution in [1.29, 1.82) is 0 Å². The third-order valence-corrected chi connectivity index (χ3v) is 3.00. The normalized spacial score (nSPS) is 12.5. The van der Waals surface area contributed by atoms with Gasteiger partial charge in [0.2, 0.25) is 0 Å². The number of hydrogen-bond donors (Lipinski definition) is 2. The van der Waals surface area contributed by atoms with Crippen LogP contribution in [-0.2, 0) is 11.3 Å². The van der Waals surface area contributed by atoms with E-state index in [0.717, 1.165) is 0 Å². The number of fused-ring (bicyclic) bond motifs is 1. The van der Waals surface area contributed by atoms with Gasteiger partial charge in [-0.05, 0) is 23.3 Å². The Kier molecular flexibility index (Phi) is 3.95. The number of rotatable bonds is 5. The summed E-state index contributed by atoms with van der Waals surface area (Å²) in [7, 11) is 0. The van der Waals surface area contributed by atoms with Crippen molar-refractivity contribution in [2.75, 3.05) is 0 Å². The molecule has 0 saturated carbocycles. The van der Waals surface area contributed by atoms with Crippen LogP contribution in [0.5, 0.6) is 0 Å². The summed E-state index contributed by atoms with van der Waals surface area (Å²) >= 11 is 0. The van der Waals surface area contributed by atoms with Gasteiger partial charge in [0.05, 0.1) is 6.42 Å². The smallest absolute Gasteiger partial charge is 0.304 e. The lowest BCUT2D eigenvalue weighted by molar-refractivity contribution is -0.137. The van der Waals surface area contributed by atoms with Crippen molar-refractivity contribution in [2.45, 2.75) is 25.9 Å². The zero-order chi connectivity index (χ0) is 13.0. The molecule has 0 amide bonds. The third-order valence-electron chi connectivity index (χ3n) is 3.00. The maximum absolute atomic E-state index is 10.6. The third kappa shape index (κ3) is 3.08. The van der Waals surface area contributed by atoms with E-state index in [0.29, 0.717) is 6.54 Å². The molecule has 18 heavy (non-hydrogen) atoms. The molecular formula is C15H17NO2. The van der Waals surface area contributed by atoms with E-state index in [1.807, 2.05) is 25.1 Å². The molecule has 0 unspecified atom stereocenters. The molecule has 0 bridgehead atoms. The minimum absolute atomic E-state index is 0.0264. The van der Waals surface area contributed by atoms with E-state index in [-0.39, 0.29) is 12.5 Å². The van der Waals surface area contributed by atoms with Crippen LogP contribution in [0, 0.1) is 0 Å². The number of carboxylic acids is 1. The van der Waals surface area contributed by atoms with Gasteiger partial charge in [-0.15, -0.1) is 0 Å². The Hall–Kier alpha value is -1.87. The summed E-state index contributed by atoms with van der Waals surface area (Å²) in [5.74, 6) is -0.770. The minimum atomic E-state index is -0.770. The summed E-state index contributed by atoms with van der Waals surface area (Å²) in [6.07, 6.45) is 0.144. The second-order valence-corrected chi connectivity index (χ2v) is 4.52. The number of nitrogens with one attached hydrogen (secondary N) is 1. The highest BCUT2D eigenvalue weighted by molar-refractivity contribution is 5.85. The zero-order valence-electron chi connectivity index (χ0n) is 10.4. The van der Waals surface area contributed by atoms with Gasteiger partial charge in [-0.25, -0.2) is 0 Å². The van der Waals surface area contributed by atoms with E-state index in [1.54, 1.807) is 0 Å². The van der Waals surface area contributed by atoms with Crippen LogP contribution in [0.2, 0.25) is 0 Å². The molecule has 2 N–H and O–H groups in total. The number of hydrogen-bond acceptors (Lipinski definition) is 2. The van der Waals surface area contributed by atoms with E-state index in [4.69, 9.17) is 5.11 Å². The van der Waals surface area contributed by atoms with Crippen LogP contribution in [0.4, 0.5) is 0 Å². The Morgan fingerprint density at radius 2 is 1.94 bits per heavy atom. The van der Waals surface area contributed by atoms with Gasteiger partial charge in [-0.3, -0.25) is 4.79 Å². The monoisotopic (exact) mass is 243 g/mol. The van der Waals surface area contributed by atoms with Crippen LogP contribution < -0.4 is 5.32 Å². The minimum Gasteiger partial charge on any atom is -0.481 e. The van der Waals surface area contributed by atoms with Gasteiger partial charge in [0, 0.05) is 12.6 Å². The van der Waals surface area contributed by atoms with Gasteiger partial charge in [0.15, 0.2) is 0 Å². The van der Waals surface area contributed by atoms with Crippen molar-refractivity contribution in [3.05, 3.63) is 48.0 Å². The summed E-state index contributed by atoms with van der Waals surface area (Å²) in [6.45, 7) is 2.58. The van der Waals surface area contributed by atoms with Crippen molar-refractivity contribution < 1.29 is 9.90 Å². The molecule has 0 heterocycles. The first-order valence-electron chi connectivity index (χ1n) is 6.08. The molecule has 2 aromatic carbocycles. The topological polar surface area (TPSA) is 49.3 Å².